The number of halogens is 1. The highest BCUT2D eigenvalue weighted by Gasteiger charge is 2.75. The van der Waals surface area contributed by atoms with Crippen molar-refractivity contribution in [2.24, 2.45) is 5.92 Å². The highest BCUT2D eigenvalue weighted by molar-refractivity contribution is 9.10. The van der Waals surface area contributed by atoms with Crippen LogP contribution in [-0.2, 0) is 16.6 Å². The van der Waals surface area contributed by atoms with E-state index in [0.717, 1.165) is 16.6 Å². The van der Waals surface area contributed by atoms with Gasteiger partial charge < -0.3 is 5.32 Å². The number of benzene rings is 2. The van der Waals surface area contributed by atoms with Crippen LogP contribution in [0.1, 0.15) is 22.6 Å². The zero-order chi connectivity index (χ0) is 13.5. The number of fused-ring (bicyclic) bond motifs is 7. The number of carbonyl (C=O) groups is 1. The molecule has 5 rings (SSSR count). The Labute approximate surface area is 125 Å². The lowest BCUT2D eigenvalue weighted by atomic mass is 9.86. The highest BCUT2D eigenvalue weighted by atomic mass is 79.9. The number of hydrogen-bond acceptors (Lipinski definition) is 1. The number of anilines is 1. The molecule has 3 aliphatic rings. The predicted molar refractivity (Wildman–Crippen MR) is 80.8 cm³/mol. The van der Waals surface area contributed by atoms with Crippen LogP contribution in [0.3, 0.4) is 0 Å². The van der Waals surface area contributed by atoms with Crippen LogP contribution in [0.15, 0.2) is 46.9 Å². The summed E-state index contributed by atoms with van der Waals surface area (Å²) < 4.78 is 1.13. The molecule has 2 nitrogen and oxygen atoms in total. The maximum absolute atomic E-state index is 12.6. The van der Waals surface area contributed by atoms with Gasteiger partial charge in [-0.25, -0.2) is 0 Å². The molecule has 1 heterocycles. The molecule has 0 aromatic heterocycles. The summed E-state index contributed by atoms with van der Waals surface area (Å²) >= 11 is 3.53. The first-order valence-electron chi connectivity index (χ1n) is 6.92. The topological polar surface area (TPSA) is 29.1 Å². The second-order valence-electron chi connectivity index (χ2n) is 6.00. The Kier molecular flexibility index (Phi) is 1.85. The molecule has 1 N–H and O–H groups in total. The summed E-state index contributed by atoms with van der Waals surface area (Å²) in [6.45, 7) is 0. The van der Waals surface area contributed by atoms with Crippen LogP contribution in [0.4, 0.5) is 5.69 Å². The van der Waals surface area contributed by atoms with Gasteiger partial charge in [-0.15, -0.1) is 0 Å². The third kappa shape index (κ3) is 1.06. The number of rotatable bonds is 0. The van der Waals surface area contributed by atoms with Gasteiger partial charge in [0.2, 0.25) is 5.91 Å². The third-order valence-electron chi connectivity index (χ3n) is 5.25. The number of amides is 1. The Balaban J connectivity index is 1.70. The van der Waals surface area contributed by atoms with E-state index in [1.807, 2.05) is 18.2 Å². The molecule has 1 aliphatic heterocycles. The number of nitrogens with one attached hydrogen (secondary N) is 1. The maximum Gasteiger partial charge on any atom is 0.236 e. The summed E-state index contributed by atoms with van der Waals surface area (Å²) in [5, 5.41) is 3.07. The lowest BCUT2D eigenvalue weighted by molar-refractivity contribution is -0.118. The van der Waals surface area contributed by atoms with Crippen molar-refractivity contribution in [2.75, 3.05) is 5.32 Å². The van der Waals surface area contributed by atoms with Crippen molar-refractivity contribution in [1.29, 1.82) is 0 Å². The third-order valence-corrected chi connectivity index (χ3v) is 5.74. The molecule has 1 spiro atoms. The minimum Gasteiger partial charge on any atom is -0.325 e. The molecule has 20 heavy (non-hydrogen) atoms. The minimum atomic E-state index is -0.280. The van der Waals surface area contributed by atoms with Gasteiger partial charge >= 0.3 is 0 Å². The molecule has 3 atom stereocenters. The highest BCUT2D eigenvalue weighted by Crippen LogP contribution is 2.73. The molecular weight excluding hydrogens is 314 g/mol. The molecule has 98 valence electrons. The maximum atomic E-state index is 12.6. The van der Waals surface area contributed by atoms with E-state index in [-0.39, 0.29) is 11.3 Å². The molecule has 1 fully saturated rings. The van der Waals surface area contributed by atoms with E-state index >= 15 is 0 Å². The first-order valence-corrected chi connectivity index (χ1v) is 7.71. The van der Waals surface area contributed by atoms with Gasteiger partial charge in [0, 0.05) is 16.1 Å². The Morgan fingerprint density at radius 3 is 2.95 bits per heavy atom. The Hall–Kier alpha value is -1.61. The molecule has 2 aromatic carbocycles. The standard InChI is InChI=1S/C17H12BrNO/c18-10-5-6-11-9(7-10)8-13-15(11)17(13)12-3-1-2-4-14(12)19-16(17)20/h1-7,13,15H,8H2,(H,19,20). The molecule has 1 saturated carbocycles. The summed E-state index contributed by atoms with van der Waals surface area (Å²) in [6.07, 6.45) is 1.02. The summed E-state index contributed by atoms with van der Waals surface area (Å²) in [5.74, 6) is 1.01. The van der Waals surface area contributed by atoms with Gasteiger partial charge in [-0.2, -0.15) is 0 Å². The first kappa shape index (κ1) is 11.1. The van der Waals surface area contributed by atoms with Gasteiger partial charge in [0.05, 0.1) is 5.41 Å². The van der Waals surface area contributed by atoms with Crippen molar-refractivity contribution in [3.8, 4) is 0 Å². The summed E-state index contributed by atoms with van der Waals surface area (Å²) in [5.41, 5.74) is 4.69. The minimum absolute atomic E-state index is 0.197. The molecular formula is C17H12BrNO. The van der Waals surface area contributed by atoms with Crippen LogP contribution in [-0.4, -0.2) is 5.91 Å². The largest absolute Gasteiger partial charge is 0.325 e. The quantitative estimate of drug-likeness (QED) is 0.787. The van der Waals surface area contributed by atoms with Crippen molar-refractivity contribution >= 4 is 27.5 Å². The van der Waals surface area contributed by atoms with Crippen molar-refractivity contribution in [3.63, 3.8) is 0 Å². The molecule has 1 amide bonds. The normalized spacial score (nSPS) is 31.8. The van der Waals surface area contributed by atoms with E-state index in [0.29, 0.717) is 11.8 Å². The molecule has 2 aromatic rings. The molecule has 2 aliphatic carbocycles. The number of para-hydroxylation sites is 1. The zero-order valence-electron chi connectivity index (χ0n) is 10.7. The SMILES string of the molecule is O=C1Nc2ccccc2C12C1Cc3cc(Br)ccc3C12. The van der Waals surface area contributed by atoms with Crippen LogP contribution in [0, 0.1) is 5.92 Å². The smallest absolute Gasteiger partial charge is 0.236 e. The van der Waals surface area contributed by atoms with Crippen molar-refractivity contribution in [1.82, 2.24) is 0 Å². The summed E-state index contributed by atoms with van der Waals surface area (Å²) in [7, 11) is 0. The molecule has 3 heteroatoms. The van der Waals surface area contributed by atoms with Gasteiger partial charge in [-0.05, 0) is 47.2 Å². The average molecular weight is 326 g/mol. The molecule has 0 radical (unpaired) electrons. The summed E-state index contributed by atoms with van der Waals surface area (Å²) in [6, 6.07) is 14.6. The van der Waals surface area contributed by atoms with Gasteiger partial charge in [0.25, 0.3) is 0 Å². The van der Waals surface area contributed by atoms with Crippen molar-refractivity contribution in [3.05, 3.63) is 63.6 Å². The Morgan fingerprint density at radius 1 is 1.20 bits per heavy atom. The van der Waals surface area contributed by atoms with E-state index < -0.39 is 0 Å². The number of carbonyl (C=O) groups excluding carboxylic acids is 1. The molecule has 0 bridgehead atoms. The lowest BCUT2D eigenvalue weighted by Gasteiger charge is -2.15. The van der Waals surface area contributed by atoms with Gasteiger partial charge in [0.15, 0.2) is 0 Å². The van der Waals surface area contributed by atoms with Crippen molar-refractivity contribution < 1.29 is 4.79 Å². The first-order chi connectivity index (χ1) is 9.73. The van der Waals surface area contributed by atoms with Crippen LogP contribution in [0.25, 0.3) is 0 Å². The average Bonchev–Trinajstić information content (AvgIpc) is 2.78. The second-order valence-corrected chi connectivity index (χ2v) is 6.92. The number of hydrogen-bond donors (Lipinski definition) is 1. The van der Waals surface area contributed by atoms with Crippen LogP contribution in [0.5, 0.6) is 0 Å². The van der Waals surface area contributed by atoms with E-state index in [4.69, 9.17) is 0 Å². The van der Waals surface area contributed by atoms with Crippen LogP contribution < -0.4 is 5.32 Å². The fourth-order valence-electron chi connectivity index (χ4n) is 4.47. The molecule has 3 unspecified atom stereocenters. The molecule has 0 saturated heterocycles. The van der Waals surface area contributed by atoms with Gasteiger partial charge in [-0.1, -0.05) is 40.2 Å². The van der Waals surface area contributed by atoms with E-state index in [1.54, 1.807) is 0 Å². The van der Waals surface area contributed by atoms with Gasteiger partial charge in [-0.3, -0.25) is 4.79 Å². The van der Waals surface area contributed by atoms with Crippen molar-refractivity contribution in [2.45, 2.75) is 17.8 Å². The zero-order valence-corrected chi connectivity index (χ0v) is 12.3. The lowest BCUT2D eigenvalue weighted by Crippen LogP contribution is -2.25. The van der Waals surface area contributed by atoms with E-state index in [9.17, 15) is 4.79 Å². The monoisotopic (exact) mass is 325 g/mol. The predicted octanol–water partition coefficient (Wildman–Crippen LogP) is 3.61. The van der Waals surface area contributed by atoms with E-state index in [2.05, 4.69) is 45.5 Å². The van der Waals surface area contributed by atoms with E-state index in [1.165, 1.54) is 16.7 Å². The van der Waals surface area contributed by atoms with Gasteiger partial charge in [0.1, 0.15) is 0 Å². The van der Waals surface area contributed by atoms with Crippen LogP contribution >= 0.6 is 15.9 Å². The fourth-order valence-corrected chi connectivity index (χ4v) is 4.88. The Bertz CT molecular complexity index is 784. The summed E-state index contributed by atoms with van der Waals surface area (Å²) in [4.78, 5) is 12.6. The van der Waals surface area contributed by atoms with Crippen LogP contribution in [0.2, 0.25) is 0 Å². The second kappa shape index (κ2) is 3.34. The Morgan fingerprint density at radius 2 is 2.05 bits per heavy atom. The fraction of sp³-hybridized carbons (Fsp3) is 0.235.